The van der Waals surface area contributed by atoms with E-state index in [2.05, 4.69) is 5.16 Å². The first-order chi connectivity index (χ1) is 18.3. The van der Waals surface area contributed by atoms with Gasteiger partial charge in [-0.25, -0.2) is 4.79 Å². The summed E-state index contributed by atoms with van der Waals surface area (Å²) in [5.41, 5.74) is 2.16. The van der Waals surface area contributed by atoms with E-state index in [0.717, 1.165) is 21.3 Å². The van der Waals surface area contributed by atoms with Crippen molar-refractivity contribution in [2.24, 2.45) is 5.16 Å². The Balaban J connectivity index is 1.47. The fourth-order valence-electron chi connectivity index (χ4n) is 3.91. The molecule has 0 bridgehead atoms. The van der Waals surface area contributed by atoms with Crippen LogP contribution >= 0.6 is 11.3 Å². The monoisotopic (exact) mass is 534 g/mol. The maximum Gasteiger partial charge on any atom is 0.349 e. The predicted octanol–water partition coefficient (Wildman–Crippen LogP) is 5.26. The Morgan fingerprint density at radius 2 is 1.74 bits per heavy atom. The number of carbonyl (C=O) groups is 1. The number of ether oxygens (including phenoxy) is 3. The van der Waals surface area contributed by atoms with Gasteiger partial charge in [0.2, 0.25) is 0 Å². The van der Waals surface area contributed by atoms with Gasteiger partial charge in [-0.15, -0.1) is 0 Å². The molecule has 0 aliphatic carbocycles. The normalized spacial score (nSPS) is 11.8. The molecule has 3 aromatic carbocycles. The minimum Gasteiger partial charge on any atom is -0.492 e. The Hall–Kier alpha value is -4.11. The molecule has 4 rings (SSSR count). The number of hydrogen-bond acceptors (Lipinski definition) is 8. The van der Waals surface area contributed by atoms with E-state index < -0.39 is 11.6 Å². The van der Waals surface area contributed by atoms with Crippen molar-refractivity contribution in [3.63, 3.8) is 0 Å². The smallest absolute Gasteiger partial charge is 0.349 e. The summed E-state index contributed by atoms with van der Waals surface area (Å²) in [5.74, 6) is 0.612. The van der Waals surface area contributed by atoms with Crippen LogP contribution in [0, 0.1) is 0 Å². The van der Waals surface area contributed by atoms with E-state index in [-0.39, 0.29) is 18.1 Å². The molecule has 0 amide bonds. The van der Waals surface area contributed by atoms with Gasteiger partial charge in [-0.1, -0.05) is 59.0 Å². The minimum atomic E-state index is -1.13. The maximum atomic E-state index is 12.8. The van der Waals surface area contributed by atoms with Gasteiger partial charge in [0, 0.05) is 17.2 Å². The van der Waals surface area contributed by atoms with Crippen LogP contribution in [0.5, 0.6) is 11.5 Å². The first-order valence-electron chi connectivity index (χ1n) is 12.2. The van der Waals surface area contributed by atoms with Crippen LogP contribution in [0.3, 0.4) is 0 Å². The summed E-state index contributed by atoms with van der Waals surface area (Å²) >= 11 is 1.18. The van der Waals surface area contributed by atoms with E-state index >= 15 is 0 Å². The van der Waals surface area contributed by atoms with E-state index in [1.54, 1.807) is 49.6 Å². The first-order valence-corrected chi connectivity index (χ1v) is 13.0. The average molecular weight is 535 g/mol. The van der Waals surface area contributed by atoms with Crippen molar-refractivity contribution in [3.05, 3.63) is 93.6 Å². The van der Waals surface area contributed by atoms with Gasteiger partial charge < -0.3 is 19.0 Å². The molecule has 0 N–H and O–H groups in total. The van der Waals surface area contributed by atoms with Gasteiger partial charge in [0.05, 0.1) is 23.4 Å². The molecule has 0 saturated carbocycles. The van der Waals surface area contributed by atoms with Crippen molar-refractivity contribution < 1.29 is 23.8 Å². The van der Waals surface area contributed by atoms with E-state index in [0.29, 0.717) is 23.8 Å². The summed E-state index contributed by atoms with van der Waals surface area (Å²) in [6.45, 7) is 5.99. The topological polar surface area (TPSA) is 88.4 Å². The van der Waals surface area contributed by atoms with E-state index in [1.165, 1.54) is 18.4 Å². The van der Waals surface area contributed by atoms with Crippen molar-refractivity contribution >= 4 is 33.2 Å². The number of carbonyl (C=O) groups excluding carboxylic acids is 1. The number of nitrogens with zero attached hydrogens (tertiary/aromatic N) is 2. The zero-order valence-electron chi connectivity index (χ0n) is 21.8. The molecule has 4 aromatic rings. The lowest BCUT2D eigenvalue weighted by atomic mass is 10.0. The Labute approximate surface area is 225 Å². The Bertz CT molecular complexity index is 1490. The summed E-state index contributed by atoms with van der Waals surface area (Å²) < 4.78 is 19.4. The lowest BCUT2D eigenvalue weighted by Crippen LogP contribution is -2.39. The van der Waals surface area contributed by atoms with E-state index in [1.807, 2.05) is 48.5 Å². The van der Waals surface area contributed by atoms with Crippen LogP contribution in [0.1, 0.15) is 31.9 Å². The lowest BCUT2D eigenvalue weighted by molar-refractivity contribution is -0.158. The Morgan fingerprint density at radius 3 is 2.47 bits per heavy atom. The van der Waals surface area contributed by atoms with Gasteiger partial charge in [-0.2, -0.15) is 0 Å². The molecule has 8 nitrogen and oxygen atoms in total. The third kappa shape index (κ3) is 6.23. The second-order valence-electron chi connectivity index (χ2n) is 8.85. The SMILES string of the molecule is CCOC(=O)C(C)(C)Oc1cccc(OCCn2c(=O)sc3cc(C(=NOC)c4ccccc4)ccc32)c1. The quantitative estimate of drug-likeness (QED) is 0.148. The first kappa shape index (κ1) is 26.9. The molecule has 1 heterocycles. The fraction of sp³-hybridized carbons (Fsp3) is 0.276. The second kappa shape index (κ2) is 12.0. The zero-order valence-corrected chi connectivity index (χ0v) is 22.6. The molecule has 0 aliphatic heterocycles. The highest BCUT2D eigenvalue weighted by molar-refractivity contribution is 7.16. The molecule has 38 heavy (non-hydrogen) atoms. The highest BCUT2D eigenvalue weighted by Crippen LogP contribution is 2.25. The van der Waals surface area contributed by atoms with Crippen molar-refractivity contribution in [3.8, 4) is 11.5 Å². The molecule has 0 aliphatic rings. The van der Waals surface area contributed by atoms with Gasteiger partial charge in [0.1, 0.15) is 30.9 Å². The summed E-state index contributed by atoms with van der Waals surface area (Å²) in [6.07, 6.45) is 0. The van der Waals surface area contributed by atoms with Crippen LogP contribution in [0.25, 0.3) is 10.2 Å². The zero-order chi connectivity index (χ0) is 27.1. The van der Waals surface area contributed by atoms with Crippen LogP contribution in [-0.4, -0.2) is 42.2 Å². The van der Waals surface area contributed by atoms with Gasteiger partial charge in [0.15, 0.2) is 5.60 Å². The van der Waals surface area contributed by atoms with E-state index in [9.17, 15) is 9.59 Å². The maximum absolute atomic E-state index is 12.8. The molecule has 9 heteroatoms. The van der Waals surface area contributed by atoms with Gasteiger partial charge >= 0.3 is 10.8 Å². The second-order valence-corrected chi connectivity index (χ2v) is 9.84. The van der Waals surface area contributed by atoms with E-state index in [4.69, 9.17) is 19.0 Å². The van der Waals surface area contributed by atoms with Crippen LogP contribution in [0.15, 0.2) is 82.7 Å². The molecule has 0 saturated heterocycles. The largest absolute Gasteiger partial charge is 0.492 e. The molecule has 0 radical (unpaired) electrons. The number of esters is 1. The molecule has 198 valence electrons. The molecular formula is C29H30N2O6S. The van der Waals surface area contributed by atoms with Crippen molar-refractivity contribution in [2.75, 3.05) is 20.3 Å². The van der Waals surface area contributed by atoms with Crippen LogP contribution < -0.4 is 14.3 Å². The van der Waals surface area contributed by atoms with Crippen molar-refractivity contribution in [1.29, 1.82) is 0 Å². The number of thiazole rings is 1. The number of rotatable bonds is 11. The van der Waals surface area contributed by atoms with Crippen molar-refractivity contribution in [2.45, 2.75) is 32.9 Å². The summed E-state index contributed by atoms with van der Waals surface area (Å²) in [5, 5.41) is 4.21. The summed E-state index contributed by atoms with van der Waals surface area (Å²) in [6, 6.07) is 22.6. The van der Waals surface area contributed by atoms with Crippen LogP contribution in [-0.2, 0) is 20.9 Å². The standard InChI is InChI=1S/C29H30N2O6S/c1-5-35-27(32)29(2,3)37-23-13-9-12-22(19-23)36-17-16-31-24-15-14-21(18-25(24)38-28(31)33)26(30-34-4)20-10-7-6-8-11-20/h6-15,18-19H,5,16-17H2,1-4H3. The molecular weight excluding hydrogens is 504 g/mol. The van der Waals surface area contributed by atoms with Gasteiger partial charge in [-0.3, -0.25) is 9.36 Å². The number of aromatic nitrogens is 1. The third-order valence-corrected chi connectivity index (χ3v) is 6.64. The molecule has 0 fully saturated rings. The molecule has 1 aromatic heterocycles. The lowest BCUT2D eigenvalue weighted by Gasteiger charge is -2.24. The number of fused-ring (bicyclic) bond motifs is 1. The molecule has 0 atom stereocenters. The highest BCUT2D eigenvalue weighted by atomic mass is 32.1. The summed E-state index contributed by atoms with van der Waals surface area (Å²) in [4.78, 5) is 29.9. The Kier molecular flexibility index (Phi) is 8.48. The third-order valence-electron chi connectivity index (χ3n) is 5.70. The summed E-state index contributed by atoms with van der Waals surface area (Å²) in [7, 11) is 1.51. The number of hydrogen-bond donors (Lipinski definition) is 0. The fourth-order valence-corrected chi connectivity index (χ4v) is 4.86. The minimum absolute atomic E-state index is 0.0704. The molecule has 0 unspecified atom stereocenters. The van der Waals surface area contributed by atoms with Crippen molar-refractivity contribution in [1.82, 2.24) is 4.57 Å². The predicted molar refractivity (Wildman–Crippen MR) is 148 cm³/mol. The highest BCUT2D eigenvalue weighted by Gasteiger charge is 2.31. The molecule has 0 spiro atoms. The van der Waals surface area contributed by atoms with Crippen LogP contribution in [0.4, 0.5) is 0 Å². The van der Waals surface area contributed by atoms with Crippen LogP contribution in [0.2, 0.25) is 0 Å². The van der Waals surface area contributed by atoms with Gasteiger partial charge in [0.25, 0.3) is 0 Å². The Morgan fingerprint density at radius 1 is 0.974 bits per heavy atom. The number of benzene rings is 3. The van der Waals surface area contributed by atoms with Gasteiger partial charge in [-0.05, 0) is 45.0 Å². The number of oxime groups is 1. The average Bonchev–Trinajstić information content (AvgIpc) is 3.22.